The van der Waals surface area contributed by atoms with Crippen LogP contribution in [-0.2, 0) is 4.74 Å². The summed E-state index contributed by atoms with van der Waals surface area (Å²) in [6.07, 6.45) is 2.16. The molecule has 2 heterocycles. The molecule has 1 aliphatic rings. The Labute approximate surface area is 140 Å². The number of carbonyl (C=O) groups excluding carboxylic acids is 1. The Hall–Kier alpha value is -2.34. The Morgan fingerprint density at radius 3 is 3.00 bits per heavy atom. The summed E-state index contributed by atoms with van der Waals surface area (Å²) in [6.45, 7) is 4.12. The summed E-state index contributed by atoms with van der Waals surface area (Å²) in [4.78, 5) is 28.4. The summed E-state index contributed by atoms with van der Waals surface area (Å²) in [7, 11) is 1.80. The van der Waals surface area contributed by atoms with Gasteiger partial charge in [-0.25, -0.2) is 4.79 Å². The minimum atomic E-state index is -0.137. The molecule has 24 heavy (non-hydrogen) atoms. The molecule has 0 bridgehead atoms. The van der Waals surface area contributed by atoms with Gasteiger partial charge in [-0.3, -0.25) is 4.79 Å². The number of carbonyl (C=O) groups is 1. The van der Waals surface area contributed by atoms with Crippen molar-refractivity contribution in [2.75, 3.05) is 32.1 Å². The van der Waals surface area contributed by atoms with E-state index in [2.05, 4.69) is 10.3 Å². The second kappa shape index (κ2) is 7.05. The monoisotopic (exact) mass is 329 g/mol. The first-order valence-corrected chi connectivity index (χ1v) is 8.26. The molecular weight excluding hydrogens is 306 g/mol. The lowest BCUT2D eigenvalue weighted by Crippen LogP contribution is -2.37. The molecule has 1 aliphatic heterocycles. The number of amides is 2. The van der Waals surface area contributed by atoms with Crippen LogP contribution in [-0.4, -0.2) is 42.7 Å². The molecule has 6 heteroatoms. The quantitative estimate of drug-likeness (QED) is 0.909. The number of nitrogens with one attached hydrogen (secondary N) is 2. The SMILES string of the molecule is Cc1cc(=O)[nH]c2ccc(NC(=O)N(C)CC3CCCOC3)cc12. The lowest BCUT2D eigenvalue weighted by atomic mass is 10.0. The number of pyridine rings is 1. The maximum absolute atomic E-state index is 12.4. The van der Waals surface area contributed by atoms with E-state index in [1.54, 1.807) is 24.1 Å². The largest absolute Gasteiger partial charge is 0.381 e. The highest BCUT2D eigenvalue weighted by atomic mass is 16.5. The van der Waals surface area contributed by atoms with Crippen LogP contribution in [0, 0.1) is 12.8 Å². The van der Waals surface area contributed by atoms with Crippen LogP contribution in [0.2, 0.25) is 0 Å². The van der Waals surface area contributed by atoms with Crippen LogP contribution in [0.25, 0.3) is 10.9 Å². The van der Waals surface area contributed by atoms with E-state index in [-0.39, 0.29) is 11.6 Å². The van der Waals surface area contributed by atoms with Gasteiger partial charge >= 0.3 is 6.03 Å². The molecule has 1 saturated heterocycles. The van der Waals surface area contributed by atoms with Crippen molar-refractivity contribution in [1.82, 2.24) is 9.88 Å². The van der Waals surface area contributed by atoms with E-state index in [4.69, 9.17) is 4.74 Å². The molecule has 128 valence electrons. The predicted octanol–water partition coefficient (Wildman–Crippen LogP) is 2.73. The first kappa shape index (κ1) is 16.5. The zero-order valence-electron chi connectivity index (χ0n) is 14.1. The Morgan fingerprint density at radius 1 is 1.42 bits per heavy atom. The van der Waals surface area contributed by atoms with Gasteiger partial charge in [-0.15, -0.1) is 0 Å². The highest BCUT2D eigenvalue weighted by molar-refractivity contribution is 5.93. The first-order chi connectivity index (χ1) is 11.5. The summed E-state index contributed by atoms with van der Waals surface area (Å²) in [5.74, 6) is 0.401. The Balaban J connectivity index is 1.69. The molecule has 0 aliphatic carbocycles. The number of benzene rings is 1. The van der Waals surface area contributed by atoms with Crippen LogP contribution in [0.3, 0.4) is 0 Å². The lowest BCUT2D eigenvalue weighted by molar-refractivity contribution is 0.0464. The molecule has 0 saturated carbocycles. The highest BCUT2D eigenvalue weighted by Gasteiger charge is 2.18. The molecule has 0 radical (unpaired) electrons. The van der Waals surface area contributed by atoms with Crippen molar-refractivity contribution in [3.8, 4) is 0 Å². The van der Waals surface area contributed by atoms with Gasteiger partial charge < -0.3 is 19.9 Å². The van der Waals surface area contributed by atoms with E-state index >= 15 is 0 Å². The maximum Gasteiger partial charge on any atom is 0.321 e. The summed E-state index contributed by atoms with van der Waals surface area (Å²) in [5.41, 5.74) is 2.25. The van der Waals surface area contributed by atoms with Gasteiger partial charge in [-0.1, -0.05) is 0 Å². The first-order valence-electron chi connectivity index (χ1n) is 8.26. The van der Waals surface area contributed by atoms with E-state index in [0.717, 1.165) is 48.2 Å². The van der Waals surface area contributed by atoms with Crippen LogP contribution in [0.4, 0.5) is 10.5 Å². The molecule has 6 nitrogen and oxygen atoms in total. The summed E-state index contributed by atoms with van der Waals surface area (Å²) in [6, 6.07) is 6.92. The van der Waals surface area contributed by atoms with Gasteiger partial charge in [-0.2, -0.15) is 0 Å². The molecule has 2 amide bonds. The average Bonchev–Trinajstić information content (AvgIpc) is 2.56. The van der Waals surface area contributed by atoms with Crippen molar-refractivity contribution < 1.29 is 9.53 Å². The molecule has 1 aromatic carbocycles. The fraction of sp³-hybridized carbons (Fsp3) is 0.444. The minimum absolute atomic E-state index is 0.119. The molecule has 1 unspecified atom stereocenters. The van der Waals surface area contributed by atoms with Gasteiger partial charge in [0.25, 0.3) is 0 Å². The maximum atomic E-state index is 12.4. The van der Waals surface area contributed by atoms with Crippen LogP contribution in [0.15, 0.2) is 29.1 Å². The summed E-state index contributed by atoms with van der Waals surface area (Å²) in [5, 5.41) is 3.85. The van der Waals surface area contributed by atoms with Gasteiger partial charge in [0.2, 0.25) is 5.56 Å². The number of nitrogens with zero attached hydrogens (tertiary/aromatic N) is 1. The highest BCUT2D eigenvalue weighted by Crippen LogP contribution is 2.20. The molecular formula is C18H23N3O3. The smallest absolute Gasteiger partial charge is 0.321 e. The molecule has 2 aromatic rings. The van der Waals surface area contributed by atoms with Gasteiger partial charge in [0.1, 0.15) is 0 Å². The van der Waals surface area contributed by atoms with Crippen LogP contribution < -0.4 is 10.9 Å². The van der Waals surface area contributed by atoms with E-state index in [1.165, 1.54) is 0 Å². The predicted molar refractivity (Wildman–Crippen MR) is 94.5 cm³/mol. The van der Waals surface area contributed by atoms with Crippen LogP contribution >= 0.6 is 0 Å². The molecule has 1 fully saturated rings. The van der Waals surface area contributed by atoms with E-state index in [1.807, 2.05) is 19.1 Å². The van der Waals surface area contributed by atoms with Crippen molar-refractivity contribution in [1.29, 1.82) is 0 Å². The molecule has 1 atom stereocenters. The standard InChI is InChI=1S/C18H23N3O3/c1-12-8-17(22)20-16-6-5-14(9-15(12)16)19-18(23)21(2)10-13-4-3-7-24-11-13/h5-6,8-9,13H,3-4,7,10-11H2,1-2H3,(H,19,23)(H,20,22). The fourth-order valence-electron chi connectivity index (χ4n) is 3.14. The van der Waals surface area contributed by atoms with Gasteiger partial charge in [0.05, 0.1) is 6.61 Å². The summed E-state index contributed by atoms with van der Waals surface area (Å²) < 4.78 is 5.46. The van der Waals surface area contributed by atoms with Crippen LogP contribution in [0.1, 0.15) is 18.4 Å². The van der Waals surface area contributed by atoms with Gasteiger partial charge in [-0.05, 0) is 43.5 Å². The normalized spacial score (nSPS) is 17.7. The van der Waals surface area contributed by atoms with Crippen molar-refractivity contribution >= 4 is 22.6 Å². The zero-order valence-corrected chi connectivity index (χ0v) is 14.1. The number of aromatic amines is 1. The average molecular weight is 329 g/mol. The van der Waals surface area contributed by atoms with Crippen molar-refractivity contribution in [2.45, 2.75) is 19.8 Å². The van der Waals surface area contributed by atoms with Gasteiger partial charge in [0.15, 0.2) is 0 Å². The fourth-order valence-corrected chi connectivity index (χ4v) is 3.14. The number of fused-ring (bicyclic) bond motifs is 1. The van der Waals surface area contributed by atoms with Crippen molar-refractivity contribution in [2.24, 2.45) is 5.92 Å². The van der Waals surface area contributed by atoms with Gasteiger partial charge in [0, 0.05) is 48.8 Å². The molecule has 0 spiro atoms. The third-order valence-corrected chi connectivity index (χ3v) is 4.43. The molecule has 3 rings (SSSR count). The minimum Gasteiger partial charge on any atom is -0.381 e. The number of H-pyrrole nitrogens is 1. The number of hydrogen-bond acceptors (Lipinski definition) is 3. The van der Waals surface area contributed by atoms with Crippen molar-refractivity contribution in [3.05, 3.63) is 40.2 Å². The third-order valence-electron chi connectivity index (χ3n) is 4.43. The van der Waals surface area contributed by atoms with E-state index in [0.29, 0.717) is 12.5 Å². The summed E-state index contributed by atoms with van der Waals surface area (Å²) >= 11 is 0. The van der Waals surface area contributed by atoms with Crippen molar-refractivity contribution in [3.63, 3.8) is 0 Å². The number of hydrogen-bond donors (Lipinski definition) is 2. The Bertz CT molecular complexity index is 794. The second-order valence-corrected chi connectivity index (χ2v) is 6.47. The number of ether oxygens (including phenoxy) is 1. The van der Waals surface area contributed by atoms with E-state index < -0.39 is 0 Å². The molecule has 2 N–H and O–H groups in total. The lowest BCUT2D eigenvalue weighted by Gasteiger charge is -2.27. The number of aromatic nitrogens is 1. The zero-order chi connectivity index (χ0) is 17.1. The number of rotatable bonds is 3. The number of urea groups is 1. The van der Waals surface area contributed by atoms with E-state index in [9.17, 15) is 9.59 Å². The second-order valence-electron chi connectivity index (χ2n) is 6.47. The number of anilines is 1. The third kappa shape index (κ3) is 3.76. The number of aryl methyl sites for hydroxylation is 1. The Kier molecular flexibility index (Phi) is 4.85. The topological polar surface area (TPSA) is 74.4 Å². The van der Waals surface area contributed by atoms with Crippen LogP contribution in [0.5, 0.6) is 0 Å². The Morgan fingerprint density at radius 2 is 2.25 bits per heavy atom. The molecule has 1 aromatic heterocycles.